The van der Waals surface area contributed by atoms with Gasteiger partial charge in [-0.3, -0.25) is 19.8 Å². The number of carbonyl (C=O) groups excluding carboxylic acids is 3. The van der Waals surface area contributed by atoms with Crippen LogP contribution in [0.5, 0.6) is 0 Å². The van der Waals surface area contributed by atoms with E-state index in [1.54, 1.807) is 24.3 Å². The van der Waals surface area contributed by atoms with E-state index in [0.29, 0.717) is 11.3 Å². The van der Waals surface area contributed by atoms with E-state index in [4.69, 9.17) is 5.26 Å². The highest BCUT2D eigenvalue weighted by atomic mass is 16.2. The van der Waals surface area contributed by atoms with Gasteiger partial charge in [-0.25, -0.2) is 4.90 Å². The van der Waals surface area contributed by atoms with Gasteiger partial charge in [-0.15, -0.1) is 0 Å². The predicted molar refractivity (Wildman–Crippen MR) is 121 cm³/mol. The summed E-state index contributed by atoms with van der Waals surface area (Å²) in [7, 11) is 0. The second kappa shape index (κ2) is 8.17. The van der Waals surface area contributed by atoms with Crippen molar-refractivity contribution in [2.45, 2.75) is 12.0 Å². The standard InChI is InChI=1S/C26H18N4O3/c27-15-16-11-13-19(14-12-16)30-25(32)21-22(28-29-23(21)26(30)33)24(31)20(17-7-3-1-4-8-17)18-9-5-2-6-10-18/h1-14,20-21,23,29H/t21-,23-/m1/s1. The molecule has 7 nitrogen and oxygen atoms in total. The van der Waals surface area contributed by atoms with E-state index in [2.05, 4.69) is 10.5 Å². The molecule has 0 spiro atoms. The molecule has 2 atom stereocenters. The van der Waals surface area contributed by atoms with Gasteiger partial charge in [0.15, 0.2) is 5.78 Å². The maximum atomic E-state index is 13.8. The SMILES string of the molecule is N#Cc1ccc(N2C(=O)[C@@H]3C(C(=O)C(c4ccccc4)c4ccccc4)=NN[C@H]3C2=O)cc1. The summed E-state index contributed by atoms with van der Waals surface area (Å²) in [6.07, 6.45) is 0. The Balaban J connectivity index is 1.50. The van der Waals surface area contributed by atoms with Gasteiger partial charge >= 0.3 is 0 Å². The van der Waals surface area contributed by atoms with Crippen molar-refractivity contribution < 1.29 is 14.4 Å². The maximum absolute atomic E-state index is 13.8. The summed E-state index contributed by atoms with van der Waals surface area (Å²) in [5.74, 6) is -2.96. The number of rotatable bonds is 5. The molecule has 0 aromatic heterocycles. The van der Waals surface area contributed by atoms with Crippen molar-refractivity contribution in [3.8, 4) is 6.07 Å². The number of nitrogens with one attached hydrogen (secondary N) is 1. The molecule has 0 aliphatic carbocycles. The van der Waals surface area contributed by atoms with E-state index in [-0.39, 0.29) is 11.5 Å². The van der Waals surface area contributed by atoms with Crippen LogP contribution in [-0.2, 0) is 14.4 Å². The van der Waals surface area contributed by atoms with Crippen molar-refractivity contribution in [2.75, 3.05) is 4.90 Å². The zero-order valence-electron chi connectivity index (χ0n) is 17.4. The Hall–Kier alpha value is -4.57. The molecule has 2 aliphatic rings. The molecule has 7 heteroatoms. The third kappa shape index (κ3) is 3.38. The third-order valence-corrected chi connectivity index (χ3v) is 5.96. The molecule has 0 unspecified atom stereocenters. The Bertz CT molecular complexity index is 1270. The van der Waals surface area contributed by atoms with Crippen molar-refractivity contribution >= 4 is 29.0 Å². The molecule has 1 fully saturated rings. The summed E-state index contributed by atoms with van der Waals surface area (Å²) in [4.78, 5) is 41.2. The molecule has 0 bridgehead atoms. The molecule has 1 N–H and O–H groups in total. The fraction of sp³-hybridized carbons (Fsp3) is 0.115. The van der Waals surface area contributed by atoms with Crippen molar-refractivity contribution in [1.29, 1.82) is 5.26 Å². The molecule has 3 aromatic rings. The first-order chi connectivity index (χ1) is 16.1. The predicted octanol–water partition coefficient (Wildman–Crippen LogP) is 2.78. The topological polar surface area (TPSA) is 103 Å². The average Bonchev–Trinajstić information content (AvgIpc) is 3.40. The molecule has 1 saturated heterocycles. The summed E-state index contributed by atoms with van der Waals surface area (Å²) in [5, 5.41) is 13.2. The lowest BCUT2D eigenvalue weighted by molar-refractivity contribution is -0.122. The average molecular weight is 434 g/mol. The number of Topliss-reactive ketones (excluding diaryl/α,β-unsaturated/α-hetero) is 1. The molecular weight excluding hydrogens is 416 g/mol. The van der Waals surface area contributed by atoms with Gasteiger partial charge in [-0.1, -0.05) is 60.7 Å². The minimum Gasteiger partial charge on any atom is -0.296 e. The van der Waals surface area contributed by atoms with Gasteiger partial charge in [0.2, 0.25) is 5.91 Å². The van der Waals surface area contributed by atoms with E-state index in [9.17, 15) is 14.4 Å². The van der Waals surface area contributed by atoms with E-state index in [1.807, 2.05) is 66.7 Å². The zero-order chi connectivity index (χ0) is 22.9. The number of hydrogen-bond acceptors (Lipinski definition) is 6. The minimum absolute atomic E-state index is 0.0483. The number of ketones is 1. The second-order valence-electron chi connectivity index (χ2n) is 7.87. The number of amides is 2. The fourth-order valence-corrected chi connectivity index (χ4v) is 4.37. The normalized spacial score (nSPS) is 19.2. The highest BCUT2D eigenvalue weighted by Crippen LogP contribution is 2.34. The first-order valence-corrected chi connectivity index (χ1v) is 10.5. The maximum Gasteiger partial charge on any atom is 0.259 e. The Morgan fingerprint density at radius 2 is 1.45 bits per heavy atom. The number of carbonyl (C=O) groups is 3. The number of benzene rings is 3. The molecule has 2 amide bonds. The van der Waals surface area contributed by atoms with Crippen LogP contribution in [0.1, 0.15) is 22.6 Å². The van der Waals surface area contributed by atoms with Crippen LogP contribution in [0.2, 0.25) is 0 Å². The summed E-state index contributed by atoms with van der Waals surface area (Å²) < 4.78 is 0. The molecular formula is C26H18N4O3. The Kier molecular flexibility index (Phi) is 5.04. The van der Waals surface area contributed by atoms with Crippen LogP contribution in [0.3, 0.4) is 0 Å². The fourth-order valence-electron chi connectivity index (χ4n) is 4.37. The molecule has 2 aliphatic heterocycles. The van der Waals surface area contributed by atoms with Gasteiger partial charge in [0.1, 0.15) is 17.7 Å². The zero-order valence-corrected chi connectivity index (χ0v) is 17.4. The third-order valence-electron chi connectivity index (χ3n) is 5.96. The molecule has 0 radical (unpaired) electrons. The van der Waals surface area contributed by atoms with Crippen LogP contribution in [-0.4, -0.2) is 29.4 Å². The lowest BCUT2D eigenvalue weighted by Gasteiger charge is -2.19. The van der Waals surface area contributed by atoms with Crippen molar-refractivity contribution in [3.63, 3.8) is 0 Å². The van der Waals surface area contributed by atoms with Gasteiger partial charge in [0.25, 0.3) is 5.91 Å². The summed E-state index contributed by atoms with van der Waals surface area (Å²) in [5.41, 5.74) is 5.09. The van der Waals surface area contributed by atoms with Crippen LogP contribution in [0.4, 0.5) is 5.69 Å². The monoisotopic (exact) mass is 434 g/mol. The number of nitriles is 1. The van der Waals surface area contributed by atoms with Crippen LogP contribution >= 0.6 is 0 Å². The van der Waals surface area contributed by atoms with E-state index < -0.39 is 29.7 Å². The Morgan fingerprint density at radius 3 is 2.00 bits per heavy atom. The lowest BCUT2D eigenvalue weighted by Crippen LogP contribution is -2.36. The molecule has 2 heterocycles. The Morgan fingerprint density at radius 1 is 0.879 bits per heavy atom. The van der Waals surface area contributed by atoms with Crippen LogP contribution in [0.25, 0.3) is 0 Å². The first kappa shape index (κ1) is 20.3. The van der Waals surface area contributed by atoms with Crippen molar-refractivity contribution in [2.24, 2.45) is 11.0 Å². The van der Waals surface area contributed by atoms with Crippen LogP contribution < -0.4 is 10.3 Å². The summed E-state index contributed by atoms with van der Waals surface area (Å²) in [6.45, 7) is 0. The summed E-state index contributed by atoms with van der Waals surface area (Å²) >= 11 is 0. The number of imide groups is 1. The number of fused-ring (bicyclic) bond motifs is 1. The van der Waals surface area contributed by atoms with Crippen LogP contribution in [0, 0.1) is 17.2 Å². The molecule has 33 heavy (non-hydrogen) atoms. The van der Waals surface area contributed by atoms with Crippen molar-refractivity contribution in [1.82, 2.24) is 5.43 Å². The van der Waals surface area contributed by atoms with Gasteiger partial charge in [-0.2, -0.15) is 10.4 Å². The molecule has 5 rings (SSSR count). The van der Waals surface area contributed by atoms with Gasteiger partial charge in [0.05, 0.1) is 23.2 Å². The molecule has 3 aromatic carbocycles. The quantitative estimate of drug-likeness (QED) is 0.622. The van der Waals surface area contributed by atoms with E-state index in [1.165, 1.54) is 0 Å². The van der Waals surface area contributed by atoms with Gasteiger partial charge < -0.3 is 0 Å². The van der Waals surface area contributed by atoms with Gasteiger partial charge in [-0.05, 0) is 35.4 Å². The number of hydrogen-bond donors (Lipinski definition) is 1. The highest BCUT2D eigenvalue weighted by Gasteiger charge is 2.55. The summed E-state index contributed by atoms with van der Waals surface area (Å²) in [6, 6.07) is 25.9. The smallest absolute Gasteiger partial charge is 0.259 e. The lowest BCUT2D eigenvalue weighted by atomic mass is 9.82. The first-order valence-electron chi connectivity index (χ1n) is 10.5. The van der Waals surface area contributed by atoms with Crippen molar-refractivity contribution in [3.05, 3.63) is 102 Å². The van der Waals surface area contributed by atoms with E-state index in [0.717, 1.165) is 16.0 Å². The number of anilines is 1. The molecule has 160 valence electrons. The number of nitrogens with zero attached hydrogens (tertiary/aromatic N) is 3. The van der Waals surface area contributed by atoms with E-state index >= 15 is 0 Å². The Labute approximate surface area is 190 Å². The second-order valence-corrected chi connectivity index (χ2v) is 7.87. The largest absolute Gasteiger partial charge is 0.296 e. The highest BCUT2D eigenvalue weighted by molar-refractivity contribution is 6.50. The molecule has 0 saturated carbocycles. The van der Waals surface area contributed by atoms with Crippen LogP contribution in [0.15, 0.2) is 90.0 Å². The number of hydrazone groups is 1. The minimum atomic E-state index is -1.00. The van der Waals surface area contributed by atoms with Gasteiger partial charge in [0, 0.05) is 0 Å².